The van der Waals surface area contributed by atoms with E-state index in [1.165, 1.54) is 0 Å². The Kier molecular flexibility index (Phi) is 21.6. The number of hydrogen-bond acceptors (Lipinski definition) is 12. The first-order chi connectivity index (χ1) is 10.0. The summed E-state index contributed by atoms with van der Waals surface area (Å²) in [6, 6.07) is 0. The molecule has 0 saturated carbocycles. The normalized spacial score (nSPS) is 17.7. The molecule has 0 aromatic rings. The molecule has 1 radical (unpaired) electrons. The average molecular weight is 435 g/mol. The van der Waals surface area contributed by atoms with Gasteiger partial charge < -0.3 is 21.3 Å². The van der Waals surface area contributed by atoms with Crippen molar-refractivity contribution >= 4 is 0 Å². The smallest absolute Gasteiger partial charge is 0.314 e. The molecular formula is C8H20Cl2CuN4O8. The summed E-state index contributed by atoms with van der Waals surface area (Å²) in [5, 5.41) is 13.4. The largest absolute Gasteiger partial charge is 2.00 e. The minimum absolute atomic E-state index is 0. The molecule has 12 nitrogen and oxygen atoms in total. The Hall–Kier alpha value is 0.619. The summed E-state index contributed by atoms with van der Waals surface area (Å²) >= 11 is 0. The molecule has 1 saturated heterocycles. The van der Waals surface area contributed by atoms with Crippen LogP contribution in [0.2, 0.25) is 0 Å². The standard InChI is InChI=1S/C8H20N4.2ClHO4.Cu/c1-2-10-5-6-12-8-7-11-4-3-9-1;2*2-1(3,4)5;/h9-12H,1-8H2;2*(H,2,3,4,5);/q;;;+2/p-2. The molecule has 0 aliphatic carbocycles. The molecule has 1 rings (SSSR count). The Morgan fingerprint density at radius 1 is 0.391 bits per heavy atom. The molecule has 1 aliphatic heterocycles. The molecule has 0 amide bonds. The van der Waals surface area contributed by atoms with Gasteiger partial charge in [0.2, 0.25) is 0 Å². The second-order valence-electron chi connectivity index (χ2n) is 3.76. The van der Waals surface area contributed by atoms with Crippen molar-refractivity contribution in [3.8, 4) is 0 Å². The van der Waals surface area contributed by atoms with Crippen LogP contribution in [0.4, 0.5) is 0 Å². The Morgan fingerprint density at radius 3 is 0.565 bits per heavy atom. The molecule has 0 spiro atoms. The molecule has 23 heavy (non-hydrogen) atoms. The van der Waals surface area contributed by atoms with E-state index in [1.54, 1.807) is 0 Å². The van der Waals surface area contributed by atoms with Gasteiger partial charge >= 0.3 is 17.1 Å². The molecule has 4 N–H and O–H groups in total. The third-order valence-electron chi connectivity index (χ3n) is 1.91. The number of hydrogen-bond donors (Lipinski definition) is 4. The maximum absolute atomic E-state index is 8.49. The maximum atomic E-state index is 8.49. The second kappa shape index (κ2) is 17.4. The molecule has 145 valence electrons. The van der Waals surface area contributed by atoms with Crippen molar-refractivity contribution in [3.05, 3.63) is 0 Å². The van der Waals surface area contributed by atoms with Gasteiger partial charge in [0.1, 0.15) is 0 Å². The van der Waals surface area contributed by atoms with Crippen LogP contribution in [-0.4, -0.2) is 52.4 Å². The summed E-state index contributed by atoms with van der Waals surface area (Å²) in [6.07, 6.45) is 0. The van der Waals surface area contributed by atoms with Crippen LogP contribution in [0.3, 0.4) is 0 Å². The van der Waals surface area contributed by atoms with E-state index in [0.717, 1.165) is 52.4 Å². The Labute approximate surface area is 148 Å². The molecule has 15 heteroatoms. The summed E-state index contributed by atoms with van der Waals surface area (Å²) in [6.45, 7) is 8.57. The summed E-state index contributed by atoms with van der Waals surface area (Å²) in [7, 11) is -9.89. The predicted molar refractivity (Wildman–Crippen MR) is 51.5 cm³/mol. The fourth-order valence-electron chi connectivity index (χ4n) is 1.21. The van der Waals surface area contributed by atoms with Crippen LogP contribution in [0.5, 0.6) is 0 Å². The van der Waals surface area contributed by atoms with Crippen molar-refractivity contribution in [1.82, 2.24) is 21.3 Å². The first-order valence-electron chi connectivity index (χ1n) is 6.06. The number of halogens is 2. The Bertz CT molecular complexity index is 180. The van der Waals surface area contributed by atoms with Gasteiger partial charge in [-0.25, -0.2) is 37.3 Å². The molecule has 0 unspecified atom stereocenters. The van der Waals surface area contributed by atoms with E-state index in [-0.39, 0.29) is 17.1 Å². The minimum Gasteiger partial charge on any atom is -0.314 e. The van der Waals surface area contributed by atoms with E-state index >= 15 is 0 Å². The van der Waals surface area contributed by atoms with Crippen molar-refractivity contribution in [2.75, 3.05) is 52.4 Å². The van der Waals surface area contributed by atoms with E-state index in [2.05, 4.69) is 21.3 Å². The molecule has 0 bridgehead atoms. The Balaban J connectivity index is -0.000000307. The van der Waals surface area contributed by atoms with Crippen LogP contribution in [0.1, 0.15) is 0 Å². The quantitative estimate of drug-likeness (QED) is 0.260. The number of nitrogens with one attached hydrogen (secondary N) is 4. The summed E-state index contributed by atoms with van der Waals surface area (Å²) < 4.78 is 67.9. The van der Waals surface area contributed by atoms with E-state index in [1.807, 2.05) is 0 Å². The fraction of sp³-hybridized carbons (Fsp3) is 1.00. The topological polar surface area (TPSA) is 233 Å². The molecule has 1 fully saturated rings. The first-order valence-corrected chi connectivity index (χ1v) is 8.53. The van der Waals surface area contributed by atoms with Crippen molar-refractivity contribution in [1.29, 1.82) is 0 Å². The maximum Gasteiger partial charge on any atom is 2.00 e. The van der Waals surface area contributed by atoms with Crippen LogP contribution in [-0.2, 0) is 17.1 Å². The average Bonchev–Trinajstić information content (AvgIpc) is 2.25. The summed E-state index contributed by atoms with van der Waals surface area (Å²) in [5.41, 5.74) is 0. The Morgan fingerprint density at radius 2 is 0.478 bits per heavy atom. The van der Waals surface area contributed by atoms with Gasteiger partial charge in [-0.1, -0.05) is 0 Å². The van der Waals surface area contributed by atoms with Crippen LogP contribution < -0.4 is 58.5 Å². The monoisotopic (exact) mass is 433 g/mol. The molecule has 0 atom stereocenters. The van der Waals surface area contributed by atoms with Gasteiger partial charge in [-0.15, -0.1) is 20.5 Å². The predicted octanol–water partition coefficient (Wildman–Crippen LogP) is -11.2. The molecular weight excluding hydrogens is 415 g/mol. The minimum atomic E-state index is -4.94. The van der Waals surface area contributed by atoms with Gasteiger partial charge in [-0.2, -0.15) is 0 Å². The van der Waals surface area contributed by atoms with Crippen LogP contribution in [0, 0.1) is 20.5 Å². The van der Waals surface area contributed by atoms with Crippen molar-refractivity contribution in [3.63, 3.8) is 0 Å². The molecule has 0 aromatic heterocycles. The molecule has 1 aliphatic rings. The molecule has 1 heterocycles. The van der Waals surface area contributed by atoms with Crippen LogP contribution in [0.15, 0.2) is 0 Å². The first kappa shape index (κ1) is 28.4. The zero-order chi connectivity index (χ0) is 17.5. The SMILES string of the molecule is C1CNCCNCCNCCN1.[Cu+2].[O-][Cl+3]([O-])([O-])[O-].[O-][Cl+3]([O-])([O-])[O-]. The third-order valence-corrected chi connectivity index (χ3v) is 1.91. The van der Waals surface area contributed by atoms with Gasteiger partial charge in [-0.3, -0.25) is 0 Å². The zero-order valence-corrected chi connectivity index (χ0v) is 14.4. The van der Waals surface area contributed by atoms with E-state index < -0.39 is 20.5 Å². The van der Waals surface area contributed by atoms with Gasteiger partial charge in [0.05, 0.1) is 0 Å². The van der Waals surface area contributed by atoms with E-state index in [9.17, 15) is 0 Å². The molecule has 0 aromatic carbocycles. The number of rotatable bonds is 0. The zero-order valence-electron chi connectivity index (χ0n) is 12.0. The van der Waals surface area contributed by atoms with Gasteiger partial charge in [0, 0.05) is 52.4 Å². The third kappa shape index (κ3) is 60.4. The van der Waals surface area contributed by atoms with Gasteiger partial charge in [0.15, 0.2) is 0 Å². The fourth-order valence-corrected chi connectivity index (χ4v) is 1.21. The summed E-state index contributed by atoms with van der Waals surface area (Å²) in [4.78, 5) is 0. The summed E-state index contributed by atoms with van der Waals surface area (Å²) in [5.74, 6) is 0. The van der Waals surface area contributed by atoms with E-state index in [4.69, 9.17) is 37.3 Å². The van der Waals surface area contributed by atoms with Crippen molar-refractivity contribution < 1.29 is 74.8 Å². The van der Waals surface area contributed by atoms with Crippen LogP contribution >= 0.6 is 0 Å². The van der Waals surface area contributed by atoms with Crippen molar-refractivity contribution in [2.45, 2.75) is 0 Å². The van der Waals surface area contributed by atoms with Crippen molar-refractivity contribution in [2.24, 2.45) is 0 Å². The second-order valence-corrected chi connectivity index (χ2v) is 5.27. The van der Waals surface area contributed by atoms with Gasteiger partial charge in [-0.05, 0) is 0 Å². The van der Waals surface area contributed by atoms with E-state index in [0.29, 0.717) is 0 Å². The van der Waals surface area contributed by atoms with Crippen LogP contribution in [0.25, 0.3) is 0 Å². The van der Waals surface area contributed by atoms with Gasteiger partial charge in [0.25, 0.3) is 0 Å².